The molecule has 2 saturated heterocycles. The van der Waals surface area contributed by atoms with Gasteiger partial charge in [0.25, 0.3) is 0 Å². The van der Waals surface area contributed by atoms with E-state index in [-0.39, 0.29) is 23.7 Å². The van der Waals surface area contributed by atoms with Gasteiger partial charge in [-0.3, -0.25) is 19.3 Å². The van der Waals surface area contributed by atoms with Crippen molar-refractivity contribution in [3.8, 4) is 5.75 Å². The number of fused-ring (bicyclic) bond motifs is 1. The summed E-state index contributed by atoms with van der Waals surface area (Å²) in [5.41, 5.74) is 3.18. The van der Waals surface area contributed by atoms with Gasteiger partial charge >= 0.3 is 5.97 Å². The Bertz CT molecular complexity index is 1150. The second kappa shape index (κ2) is 11.7. The molecule has 1 aliphatic carbocycles. The first kappa shape index (κ1) is 25.2. The lowest BCUT2D eigenvalue weighted by Gasteiger charge is -2.34. The number of hydrogen-bond donors (Lipinski definition) is 0. The molecule has 5 rings (SSSR count). The molecule has 0 radical (unpaired) electrons. The first-order chi connectivity index (χ1) is 18.1. The summed E-state index contributed by atoms with van der Waals surface area (Å²) in [6.45, 7) is 4.86. The highest BCUT2D eigenvalue weighted by molar-refractivity contribution is 5.92. The third kappa shape index (κ3) is 6.28. The van der Waals surface area contributed by atoms with E-state index in [1.807, 2.05) is 40.1 Å². The summed E-state index contributed by atoms with van der Waals surface area (Å²) in [6.07, 6.45) is 8.38. The predicted molar refractivity (Wildman–Crippen MR) is 142 cm³/mol. The Kier molecular flexibility index (Phi) is 7.99. The first-order valence-electron chi connectivity index (χ1n) is 13.4. The van der Waals surface area contributed by atoms with E-state index in [9.17, 15) is 14.4 Å². The van der Waals surface area contributed by atoms with E-state index in [0.29, 0.717) is 38.5 Å². The van der Waals surface area contributed by atoms with Gasteiger partial charge in [-0.25, -0.2) is 0 Å². The van der Waals surface area contributed by atoms with Gasteiger partial charge in [-0.15, -0.1) is 0 Å². The van der Waals surface area contributed by atoms with E-state index in [4.69, 9.17) is 4.74 Å². The summed E-state index contributed by atoms with van der Waals surface area (Å²) in [4.78, 5) is 43.8. The van der Waals surface area contributed by atoms with Gasteiger partial charge in [0.2, 0.25) is 11.8 Å². The molecule has 1 atom stereocenters. The topological polar surface area (TPSA) is 70.2 Å². The maximum atomic E-state index is 12.8. The molecule has 2 fully saturated rings. The lowest BCUT2D eigenvalue weighted by Crippen LogP contribution is -2.51. The van der Waals surface area contributed by atoms with Crippen molar-refractivity contribution in [1.29, 1.82) is 0 Å². The van der Waals surface area contributed by atoms with E-state index in [1.54, 1.807) is 24.3 Å². The molecule has 0 N–H and O–H groups in total. The summed E-state index contributed by atoms with van der Waals surface area (Å²) in [5, 5.41) is 0. The van der Waals surface area contributed by atoms with E-state index in [1.165, 1.54) is 5.56 Å². The van der Waals surface area contributed by atoms with Crippen LogP contribution in [-0.4, -0.2) is 78.3 Å². The number of rotatable bonds is 6. The maximum absolute atomic E-state index is 12.8. The SMILES string of the molecule is O=C(Oc1ccc(/C=C/C(=O)N2CCN(CC(=O)N3CCCC3)CC2)cc1)C1CCCc2ccccc21. The summed E-state index contributed by atoms with van der Waals surface area (Å²) < 4.78 is 5.69. The van der Waals surface area contributed by atoms with Crippen LogP contribution in [0, 0.1) is 0 Å². The van der Waals surface area contributed by atoms with Crippen molar-refractivity contribution in [2.75, 3.05) is 45.8 Å². The van der Waals surface area contributed by atoms with Crippen LogP contribution in [0.3, 0.4) is 0 Å². The summed E-state index contributed by atoms with van der Waals surface area (Å²) in [7, 11) is 0. The van der Waals surface area contributed by atoms with Gasteiger partial charge in [0.15, 0.2) is 0 Å². The first-order valence-corrected chi connectivity index (χ1v) is 13.4. The third-order valence-corrected chi connectivity index (χ3v) is 7.67. The smallest absolute Gasteiger partial charge is 0.318 e. The van der Waals surface area contributed by atoms with Crippen LogP contribution in [0.1, 0.15) is 48.3 Å². The number of aryl methyl sites for hydroxylation is 1. The molecule has 194 valence electrons. The fourth-order valence-electron chi connectivity index (χ4n) is 5.49. The Hall–Kier alpha value is -3.45. The van der Waals surface area contributed by atoms with Gasteiger partial charge in [-0.1, -0.05) is 36.4 Å². The van der Waals surface area contributed by atoms with Crippen LogP contribution in [0.4, 0.5) is 0 Å². The molecule has 2 aromatic rings. The molecule has 37 heavy (non-hydrogen) atoms. The van der Waals surface area contributed by atoms with Crippen LogP contribution in [0.15, 0.2) is 54.6 Å². The normalized spacial score (nSPS) is 20.2. The molecule has 2 heterocycles. The van der Waals surface area contributed by atoms with Crippen molar-refractivity contribution in [3.05, 3.63) is 71.3 Å². The largest absolute Gasteiger partial charge is 0.426 e. The van der Waals surface area contributed by atoms with E-state index in [0.717, 1.165) is 56.3 Å². The molecule has 2 aromatic carbocycles. The molecular weight excluding hydrogens is 466 g/mol. The second-order valence-electron chi connectivity index (χ2n) is 10.2. The van der Waals surface area contributed by atoms with Crippen LogP contribution in [0.5, 0.6) is 5.75 Å². The van der Waals surface area contributed by atoms with Crippen molar-refractivity contribution in [3.63, 3.8) is 0 Å². The summed E-state index contributed by atoms with van der Waals surface area (Å²) in [6, 6.07) is 15.4. The molecule has 2 amide bonds. The Labute approximate surface area is 218 Å². The predicted octanol–water partition coefficient (Wildman–Crippen LogP) is 3.49. The number of ether oxygens (including phenoxy) is 1. The van der Waals surface area contributed by atoms with Crippen LogP contribution < -0.4 is 4.74 Å². The molecule has 0 saturated carbocycles. The van der Waals surface area contributed by atoms with E-state index < -0.39 is 0 Å². The molecule has 0 spiro atoms. The Morgan fingerprint density at radius 1 is 0.838 bits per heavy atom. The lowest BCUT2D eigenvalue weighted by molar-refractivity contribution is -0.136. The molecule has 1 unspecified atom stereocenters. The lowest BCUT2D eigenvalue weighted by atomic mass is 9.83. The molecule has 7 nitrogen and oxygen atoms in total. The van der Waals surface area contributed by atoms with Crippen LogP contribution in [0.2, 0.25) is 0 Å². The standard InChI is InChI=1S/C30H35N3O4/c34-28(33-20-18-31(19-21-33)22-29(35)32-16-3-4-17-32)15-12-23-10-13-25(14-11-23)37-30(36)27-9-5-7-24-6-1-2-8-26(24)27/h1-2,6,8,10-15,27H,3-5,7,9,16-22H2/b15-12+. The highest BCUT2D eigenvalue weighted by Gasteiger charge is 2.28. The van der Waals surface area contributed by atoms with E-state index in [2.05, 4.69) is 11.0 Å². The minimum atomic E-state index is -0.221. The zero-order valence-corrected chi connectivity index (χ0v) is 21.3. The van der Waals surface area contributed by atoms with Gasteiger partial charge in [0.1, 0.15) is 5.75 Å². The highest BCUT2D eigenvalue weighted by atomic mass is 16.5. The molecule has 0 aromatic heterocycles. The molecule has 2 aliphatic heterocycles. The monoisotopic (exact) mass is 501 g/mol. The average Bonchev–Trinajstić information content (AvgIpc) is 3.48. The Morgan fingerprint density at radius 3 is 2.32 bits per heavy atom. The summed E-state index contributed by atoms with van der Waals surface area (Å²) in [5.74, 6) is 0.246. The number of piperazine rings is 1. The fourth-order valence-corrected chi connectivity index (χ4v) is 5.49. The zero-order chi connectivity index (χ0) is 25.6. The quantitative estimate of drug-likeness (QED) is 0.344. The van der Waals surface area contributed by atoms with Crippen LogP contribution in [-0.2, 0) is 20.8 Å². The number of carbonyl (C=O) groups excluding carboxylic acids is 3. The van der Waals surface area contributed by atoms with Gasteiger partial charge in [-0.05, 0) is 67.0 Å². The number of carbonyl (C=O) groups is 3. The molecular formula is C30H35N3O4. The summed E-state index contributed by atoms with van der Waals surface area (Å²) >= 11 is 0. The van der Waals surface area contributed by atoms with Gasteiger partial charge in [0.05, 0.1) is 12.5 Å². The Morgan fingerprint density at radius 2 is 1.57 bits per heavy atom. The maximum Gasteiger partial charge on any atom is 0.318 e. The third-order valence-electron chi connectivity index (χ3n) is 7.67. The number of nitrogens with zero attached hydrogens (tertiary/aromatic N) is 3. The number of likely N-dealkylation sites (tertiary alicyclic amines) is 1. The van der Waals surface area contributed by atoms with Crippen LogP contribution in [0.25, 0.3) is 6.08 Å². The Balaban J connectivity index is 1.09. The van der Waals surface area contributed by atoms with Gasteiger partial charge in [-0.2, -0.15) is 0 Å². The van der Waals surface area contributed by atoms with E-state index >= 15 is 0 Å². The van der Waals surface area contributed by atoms with Crippen LogP contribution >= 0.6 is 0 Å². The van der Waals surface area contributed by atoms with Gasteiger partial charge < -0.3 is 14.5 Å². The minimum absolute atomic E-state index is 0.0306. The fraction of sp³-hybridized carbons (Fsp3) is 0.433. The number of hydrogen-bond acceptors (Lipinski definition) is 5. The molecule has 0 bridgehead atoms. The number of esters is 1. The van der Waals surface area contributed by atoms with Crippen molar-refractivity contribution in [2.24, 2.45) is 0 Å². The van der Waals surface area contributed by atoms with Gasteiger partial charge in [0, 0.05) is 45.3 Å². The second-order valence-corrected chi connectivity index (χ2v) is 10.2. The molecule has 7 heteroatoms. The highest BCUT2D eigenvalue weighted by Crippen LogP contribution is 2.32. The van der Waals surface area contributed by atoms with Crippen molar-refractivity contribution < 1.29 is 19.1 Å². The van der Waals surface area contributed by atoms with Crippen molar-refractivity contribution in [1.82, 2.24) is 14.7 Å². The molecule has 3 aliphatic rings. The van der Waals surface area contributed by atoms with Crippen molar-refractivity contribution in [2.45, 2.75) is 38.0 Å². The number of amides is 2. The van der Waals surface area contributed by atoms with Crippen molar-refractivity contribution >= 4 is 23.9 Å². The zero-order valence-electron chi connectivity index (χ0n) is 21.3. The average molecular weight is 502 g/mol. The number of benzene rings is 2. The minimum Gasteiger partial charge on any atom is -0.426 e.